The molecule has 10 nitrogen and oxygen atoms in total. The van der Waals surface area contributed by atoms with Crippen molar-refractivity contribution in [3.8, 4) is 11.8 Å². The lowest BCUT2D eigenvalue weighted by Gasteiger charge is -2.28. The number of carbonyl (C=O) groups is 3. The maximum atomic E-state index is 13.2. The lowest BCUT2D eigenvalue weighted by Crippen LogP contribution is -2.45. The van der Waals surface area contributed by atoms with E-state index in [0.29, 0.717) is 10.6 Å². The van der Waals surface area contributed by atoms with Crippen LogP contribution < -0.4 is 4.90 Å². The van der Waals surface area contributed by atoms with Crippen molar-refractivity contribution in [2.75, 3.05) is 11.5 Å². The van der Waals surface area contributed by atoms with Gasteiger partial charge in [-0.2, -0.15) is 15.3 Å². The molecule has 0 saturated carbocycles. The van der Waals surface area contributed by atoms with E-state index in [4.69, 9.17) is 14.2 Å². The molecular weight excluding hydrogens is 440 g/mol. The van der Waals surface area contributed by atoms with E-state index in [0.717, 1.165) is 0 Å². The molecule has 0 fully saturated rings. The van der Waals surface area contributed by atoms with Gasteiger partial charge in [0.2, 0.25) is 0 Å². The molecule has 2 aromatic rings. The Balaban J connectivity index is 2.79. The van der Waals surface area contributed by atoms with Crippen LogP contribution in [0.15, 0.2) is 30.3 Å². The Bertz CT molecular complexity index is 1060. The Morgan fingerprint density at radius 3 is 1.97 bits per heavy atom. The van der Waals surface area contributed by atoms with Gasteiger partial charge in [0, 0.05) is 0 Å². The molecule has 0 unspecified atom stereocenters. The second kappa shape index (κ2) is 10.4. The number of amides is 2. The second-order valence-electron chi connectivity index (χ2n) is 9.28. The van der Waals surface area contributed by atoms with Gasteiger partial charge in [-0.05, 0) is 60.6 Å². The summed E-state index contributed by atoms with van der Waals surface area (Å²) in [7, 11) is 0. The van der Waals surface area contributed by atoms with E-state index in [9.17, 15) is 19.6 Å². The van der Waals surface area contributed by atoms with Gasteiger partial charge in [0.05, 0.1) is 24.4 Å². The molecule has 1 aromatic carbocycles. The van der Waals surface area contributed by atoms with Crippen molar-refractivity contribution in [1.82, 2.24) is 9.78 Å². The molecule has 0 N–H and O–H groups in total. The number of hydrogen-bond donors (Lipinski definition) is 0. The summed E-state index contributed by atoms with van der Waals surface area (Å²) < 4.78 is 17.1. The minimum absolute atomic E-state index is 0.0388. The molecule has 0 atom stereocenters. The maximum absolute atomic E-state index is 13.2. The number of esters is 1. The molecule has 10 heteroatoms. The third-order valence-corrected chi connectivity index (χ3v) is 4.03. The van der Waals surface area contributed by atoms with Gasteiger partial charge in [0.1, 0.15) is 22.8 Å². The highest BCUT2D eigenvalue weighted by Crippen LogP contribution is 2.30. The van der Waals surface area contributed by atoms with E-state index in [2.05, 4.69) is 5.10 Å². The predicted molar refractivity (Wildman–Crippen MR) is 124 cm³/mol. The molecule has 2 amide bonds. The summed E-state index contributed by atoms with van der Waals surface area (Å²) in [4.78, 5) is 39.3. The Labute approximate surface area is 199 Å². The van der Waals surface area contributed by atoms with Crippen molar-refractivity contribution >= 4 is 24.0 Å². The molecule has 0 saturated heterocycles. The van der Waals surface area contributed by atoms with Crippen LogP contribution in [0.1, 0.15) is 59.7 Å². The quantitative estimate of drug-likeness (QED) is 0.461. The summed E-state index contributed by atoms with van der Waals surface area (Å²) in [6.45, 7) is 11.7. The number of anilines is 1. The zero-order chi connectivity index (χ0) is 25.7. The molecule has 1 heterocycles. The molecule has 0 bridgehead atoms. The van der Waals surface area contributed by atoms with Crippen molar-refractivity contribution in [2.45, 2.75) is 66.1 Å². The Kier molecular flexibility index (Phi) is 8.05. The fourth-order valence-electron chi connectivity index (χ4n) is 2.86. The van der Waals surface area contributed by atoms with Crippen LogP contribution >= 0.6 is 0 Å². The van der Waals surface area contributed by atoms with Crippen LogP contribution in [0.5, 0.6) is 0 Å². The Hall–Kier alpha value is -3.87. The van der Waals surface area contributed by atoms with Gasteiger partial charge in [-0.1, -0.05) is 18.2 Å². The first-order chi connectivity index (χ1) is 15.8. The predicted octanol–water partition coefficient (Wildman–Crippen LogP) is 4.53. The normalized spacial score (nSPS) is 11.4. The number of hydrogen-bond acceptors (Lipinski definition) is 8. The molecule has 182 valence electrons. The number of aromatic nitrogens is 2. The largest absolute Gasteiger partial charge is 0.466 e. The standard InChI is InChI=1S/C24H30N4O6/c1-8-32-19(29)14-18-17(15-25)20(28(26-18)16-12-10-9-11-13-16)27(21(30)33-23(2,3)4)22(31)34-24(5,6)7/h9-13H,8,14H2,1-7H3. The van der Waals surface area contributed by atoms with Crippen LogP contribution in [0.4, 0.5) is 15.4 Å². The van der Waals surface area contributed by atoms with Crippen molar-refractivity contribution in [2.24, 2.45) is 0 Å². The van der Waals surface area contributed by atoms with Gasteiger partial charge in [-0.25, -0.2) is 14.3 Å². The van der Waals surface area contributed by atoms with Crippen LogP contribution in [0.3, 0.4) is 0 Å². The number of benzene rings is 1. The number of imide groups is 1. The Morgan fingerprint density at radius 1 is 1.00 bits per heavy atom. The summed E-state index contributed by atoms with van der Waals surface area (Å²) >= 11 is 0. The van der Waals surface area contributed by atoms with Crippen molar-refractivity contribution in [1.29, 1.82) is 5.26 Å². The first-order valence-electron chi connectivity index (χ1n) is 10.8. The molecule has 0 aliphatic carbocycles. The van der Waals surface area contributed by atoms with Gasteiger partial charge in [0.15, 0.2) is 5.82 Å². The van der Waals surface area contributed by atoms with Crippen LogP contribution in [0.25, 0.3) is 5.69 Å². The smallest absolute Gasteiger partial charge is 0.425 e. The van der Waals surface area contributed by atoms with Crippen molar-refractivity contribution < 1.29 is 28.6 Å². The van der Waals surface area contributed by atoms with Gasteiger partial charge in [0.25, 0.3) is 0 Å². The molecule has 2 rings (SSSR count). The highest BCUT2D eigenvalue weighted by molar-refractivity contribution is 6.10. The zero-order valence-electron chi connectivity index (χ0n) is 20.5. The van der Waals surface area contributed by atoms with E-state index in [1.165, 1.54) is 4.68 Å². The first-order valence-corrected chi connectivity index (χ1v) is 10.8. The van der Waals surface area contributed by atoms with Gasteiger partial charge >= 0.3 is 18.2 Å². The number of carbonyl (C=O) groups excluding carboxylic acids is 3. The third-order valence-electron chi connectivity index (χ3n) is 4.03. The third kappa shape index (κ3) is 6.81. The summed E-state index contributed by atoms with van der Waals surface area (Å²) in [5.74, 6) is -0.805. The zero-order valence-corrected chi connectivity index (χ0v) is 20.5. The topological polar surface area (TPSA) is 124 Å². The van der Waals surface area contributed by atoms with Gasteiger partial charge in [-0.15, -0.1) is 0 Å². The molecule has 0 radical (unpaired) electrons. The summed E-state index contributed by atoms with van der Waals surface area (Å²) in [6.07, 6.45) is -2.45. The van der Waals surface area contributed by atoms with Gasteiger partial charge in [-0.3, -0.25) is 4.79 Å². The second-order valence-corrected chi connectivity index (χ2v) is 9.28. The number of nitrogens with zero attached hydrogens (tertiary/aromatic N) is 4. The monoisotopic (exact) mass is 470 g/mol. The van der Waals surface area contributed by atoms with E-state index < -0.39 is 29.4 Å². The van der Waals surface area contributed by atoms with E-state index in [1.54, 1.807) is 78.8 Å². The van der Waals surface area contributed by atoms with E-state index >= 15 is 0 Å². The minimum atomic E-state index is -1.06. The average molecular weight is 471 g/mol. The fraction of sp³-hybridized carbons (Fsp3) is 0.458. The molecule has 34 heavy (non-hydrogen) atoms. The highest BCUT2D eigenvalue weighted by Gasteiger charge is 2.38. The lowest BCUT2D eigenvalue weighted by molar-refractivity contribution is -0.142. The lowest BCUT2D eigenvalue weighted by atomic mass is 10.2. The maximum Gasteiger partial charge on any atom is 0.425 e. The van der Waals surface area contributed by atoms with Crippen LogP contribution in [-0.2, 0) is 25.4 Å². The molecule has 1 aromatic heterocycles. The summed E-state index contributed by atoms with van der Waals surface area (Å²) in [5, 5.41) is 14.4. The van der Waals surface area contributed by atoms with Crippen LogP contribution in [0.2, 0.25) is 0 Å². The number of nitriles is 1. The molecule has 0 aliphatic rings. The number of ether oxygens (including phenoxy) is 3. The fourth-order valence-corrected chi connectivity index (χ4v) is 2.86. The molecular formula is C24H30N4O6. The van der Waals surface area contributed by atoms with E-state index in [-0.39, 0.29) is 30.1 Å². The number of rotatable bonds is 5. The average Bonchev–Trinajstić information content (AvgIpc) is 3.03. The van der Waals surface area contributed by atoms with Crippen molar-refractivity contribution in [3.63, 3.8) is 0 Å². The molecule has 0 aliphatic heterocycles. The SMILES string of the molecule is CCOC(=O)Cc1nn(-c2ccccc2)c(N(C(=O)OC(C)(C)C)C(=O)OC(C)(C)C)c1C#N. The van der Waals surface area contributed by atoms with Gasteiger partial charge < -0.3 is 14.2 Å². The first kappa shape index (κ1) is 26.4. The summed E-state index contributed by atoms with van der Waals surface area (Å²) in [6, 6.07) is 10.5. The Morgan fingerprint density at radius 2 is 1.53 bits per heavy atom. The minimum Gasteiger partial charge on any atom is -0.466 e. The van der Waals surface area contributed by atoms with E-state index in [1.807, 2.05) is 6.07 Å². The summed E-state index contributed by atoms with van der Waals surface area (Å²) in [5.41, 5.74) is -1.57. The van der Waals surface area contributed by atoms with Crippen LogP contribution in [0, 0.1) is 11.3 Å². The highest BCUT2D eigenvalue weighted by atomic mass is 16.6. The van der Waals surface area contributed by atoms with Crippen molar-refractivity contribution in [3.05, 3.63) is 41.6 Å². The molecule has 0 spiro atoms. The van der Waals surface area contributed by atoms with Crippen LogP contribution in [-0.4, -0.2) is 45.7 Å². The number of para-hydroxylation sites is 1.